The van der Waals surface area contributed by atoms with E-state index in [0.717, 1.165) is 30.7 Å². The van der Waals surface area contributed by atoms with Gasteiger partial charge in [0.25, 0.3) is 0 Å². The molecule has 0 aromatic carbocycles. The van der Waals surface area contributed by atoms with Crippen molar-refractivity contribution in [2.75, 3.05) is 37.8 Å². The number of aromatic nitrogens is 1. The first kappa shape index (κ1) is 12.4. The number of anilines is 2. The minimum atomic E-state index is 0.467. The maximum absolute atomic E-state index is 5.69. The van der Waals surface area contributed by atoms with Crippen LogP contribution in [0.2, 0.25) is 0 Å². The van der Waals surface area contributed by atoms with Crippen LogP contribution in [0.1, 0.15) is 19.8 Å². The first-order valence-electron chi connectivity index (χ1n) is 6.03. The second-order valence-electron chi connectivity index (χ2n) is 4.22. The van der Waals surface area contributed by atoms with Crippen LogP contribution in [0.4, 0.5) is 10.8 Å². The molecular formula is C11H20N4OS. The van der Waals surface area contributed by atoms with Crippen molar-refractivity contribution in [2.45, 2.75) is 25.8 Å². The van der Waals surface area contributed by atoms with Crippen LogP contribution in [0.3, 0.4) is 0 Å². The Balaban J connectivity index is 1.80. The fourth-order valence-electron chi connectivity index (χ4n) is 1.96. The third-order valence-corrected chi connectivity index (χ3v) is 3.83. The molecule has 0 saturated heterocycles. The molecule has 0 radical (unpaired) electrons. The van der Waals surface area contributed by atoms with Crippen LogP contribution >= 0.6 is 11.5 Å². The number of hydrogen-bond acceptors (Lipinski definition) is 6. The van der Waals surface area contributed by atoms with Gasteiger partial charge in [0.1, 0.15) is 0 Å². The maximum Gasteiger partial charge on any atom is 0.197 e. The molecule has 1 aliphatic carbocycles. The number of nitrogens with zero attached hydrogens (tertiary/aromatic N) is 2. The van der Waals surface area contributed by atoms with Gasteiger partial charge in [0.15, 0.2) is 16.6 Å². The molecule has 1 aromatic rings. The summed E-state index contributed by atoms with van der Waals surface area (Å²) < 4.78 is 9.28. The Morgan fingerprint density at radius 3 is 2.94 bits per heavy atom. The molecule has 0 unspecified atom stereocenters. The van der Waals surface area contributed by atoms with Crippen molar-refractivity contribution in [2.24, 2.45) is 0 Å². The lowest BCUT2D eigenvalue weighted by molar-refractivity contribution is 0.289. The molecule has 5 nitrogen and oxygen atoms in total. The largest absolute Gasteiger partial charge is 0.490 e. The Hall–Kier alpha value is -1.01. The van der Waals surface area contributed by atoms with Crippen LogP contribution in [0.5, 0.6) is 5.75 Å². The van der Waals surface area contributed by atoms with Gasteiger partial charge < -0.3 is 15.8 Å². The van der Waals surface area contributed by atoms with Crippen molar-refractivity contribution in [3.05, 3.63) is 0 Å². The quantitative estimate of drug-likeness (QED) is 0.776. The van der Waals surface area contributed by atoms with E-state index in [4.69, 9.17) is 10.5 Å². The van der Waals surface area contributed by atoms with Gasteiger partial charge in [-0.2, -0.15) is 4.37 Å². The third-order valence-electron chi connectivity index (χ3n) is 3.03. The van der Waals surface area contributed by atoms with Crippen LogP contribution in [0.25, 0.3) is 0 Å². The van der Waals surface area contributed by atoms with Crippen LogP contribution in [0.15, 0.2) is 0 Å². The van der Waals surface area contributed by atoms with Gasteiger partial charge in [-0.1, -0.05) is 6.92 Å². The Bertz CT molecular complexity index is 364. The molecule has 17 heavy (non-hydrogen) atoms. The lowest BCUT2D eigenvalue weighted by atomic mass is 10.4. The molecule has 0 amide bonds. The highest BCUT2D eigenvalue weighted by Gasteiger charge is 2.27. The molecule has 6 heteroatoms. The second-order valence-corrected chi connectivity index (χ2v) is 4.99. The number of nitrogens with one attached hydrogen (secondary N) is 1. The molecule has 3 N–H and O–H groups in total. The summed E-state index contributed by atoms with van der Waals surface area (Å²) in [6, 6.07) is 0.815. The predicted molar refractivity (Wildman–Crippen MR) is 71.8 cm³/mol. The van der Waals surface area contributed by atoms with E-state index in [2.05, 4.69) is 21.5 Å². The maximum atomic E-state index is 5.69. The van der Waals surface area contributed by atoms with Crippen molar-refractivity contribution >= 4 is 22.4 Å². The molecule has 0 bridgehead atoms. The van der Waals surface area contributed by atoms with Gasteiger partial charge in [-0.3, -0.25) is 4.90 Å². The first-order chi connectivity index (χ1) is 8.26. The van der Waals surface area contributed by atoms with Gasteiger partial charge in [-0.05, 0) is 30.9 Å². The predicted octanol–water partition coefficient (Wildman–Crippen LogP) is 1.63. The molecular weight excluding hydrogens is 236 g/mol. The molecule has 1 fully saturated rings. The number of methoxy groups -OCH3 is 1. The highest BCUT2D eigenvalue weighted by Crippen LogP contribution is 2.34. The highest BCUT2D eigenvalue weighted by molar-refractivity contribution is 7.11. The van der Waals surface area contributed by atoms with Crippen molar-refractivity contribution in [1.29, 1.82) is 0 Å². The topological polar surface area (TPSA) is 63.4 Å². The fraction of sp³-hybridized carbons (Fsp3) is 0.727. The minimum absolute atomic E-state index is 0.467. The standard InChI is InChI=1S/C11H20N4OS/c1-3-15(8-4-5-8)7-6-13-11-9(16-2)10(12)14-17-11/h8,13H,3-7H2,1-2H3,(H2,12,14). The Morgan fingerprint density at radius 2 is 2.35 bits per heavy atom. The van der Waals surface area contributed by atoms with Gasteiger partial charge in [0.05, 0.1) is 7.11 Å². The zero-order valence-corrected chi connectivity index (χ0v) is 11.2. The molecule has 0 spiro atoms. The van der Waals surface area contributed by atoms with E-state index in [9.17, 15) is 0 Å². The number of nitrogens with two attached hydrogens (primary N) is 1. The van der Waals surface area contributed by atoms with Crippen molar-refractivity contribution < 1.29 is 4.74 Å². The molecule has 2 rings (SSSR count). The third kappa shape index (κ3) is 3.01. The molecule has 0 aliphatic heterocycles. The van der Waals surface area contributed by atoms with E-state index in [1.54, 1.807) is 7.11 Å². The van der Waals surface area contributed by atoms with Gasteiger partial charge in [0, 0.05) is 19.1 Å². The lowest BCUT2D eigenvalue weighted by Gasteiger charge is -2.19. The van der Waals surface area contributed by atoms with Crippen LogP contribution in [-0.2, 0) is 0 Å². The smallest absolute Gasteiger partial charge is 0.197 e. The van der Waals surface area contributed by atoms with Crippen LogP contribution in [0, 0.1) is 0 Å². The average Bonchev–Trinajstić information content (AvgIpc) is 3.10. The lowest BCUT2D eigenvalue weighted by Crippen LogP contribution is -2.30. The first-order valence-corrected chi connectivity index (χ1v) is 6.80. The summed E-state index contributed by atoms with van der Waals surface area (Å²) in [4.78, 5) is 2.50. The van der Waals surface area contributed by atoms with E-state index in [-0.39, 0.29) is 0 Å². The zero-order valence-electron chi connectivity index (χ0n) is 10.4. The van der Waals surface area contributed by atoms with E-state index < -0.39 is 0 Å². The number of hydrogen-bond donors (Lipinski definition) is 2. The minimum Gasteiger partial charge on any atom is -0.490 e. The molecule has 1 saturated carbocycles. The highest BCUT2D eigenvalue weighted by atomic mass is 32.1. The van der Waals surface area contributed by atoms with Crippen molar-refractivity contribution in [1.82, 2.24) is 9.27 Å². The van der Waals surface area contributed by atoms with Gasteiger partial charge in [0.2, 0.25) is 0 Å². The summed E-state index contributed by atoms with van der Waals surface area (Å²) in [6.45, 7) is 5.29. The molecule has 0 atom stereocenters. The number of rotatable bonds is 7. The van der Waals surface area contributed by atoms with E-state index in [1.165, 1.54) is 24.4 Å². The molecule has 1 aromatic heterocycles. The summed E-state index contributed by atoms with van der Waals surface area (Å²) in [6.07, 6.45) is 2.70. The summed E-state index contributed by atoms with van der Waals surface area (Å²) in [5.74, 6) is 1.14. The number of ether oxygens (including phenoxy) is 1. The molecule has 96 valence electrons. The van der Waals surface area contributed by atoms with Crippen molar-refractivity contribution in [3.8, 4) is 5.75 Å². The number of likely N-dealkylation sites (N-methyl/N-ethyl adjacent to an activating group) is 1. The van der Waals surface area contributed by atoms with Gasteiger partial charge in [-0.25, -0.2) is 0 Å². The van der Waals surface area contributed by atoms with E-state index in [0.29, 0.717) is 11.6 Å². The Kier molecular flexibility index (Phi) is 4.06. The second kappa shape index (κ2) is 5.55. The normalized spacial score (nSPS) is 15.2. The van der Waals surface area contributed by atoms with Gasteiger partial charge >= 0.3 is 0 Å². The number of nitrogen functional groups attached to an aromatic ring is 1. The Labute approximate surface area is 106 Å². The SMILES string of the molecule is CCN(CCNc1snc(N)c1OC)C1CC1. The average molecular weight is 256 g/mol. The zero-order chi connectivity index (χ0) is 12.3. The Morgan fingerprint density at radius 1 is 1.59 bits per heavy atom. The molecule has 1 heterocycles. The van der Waals surface area contributed by atoms with Crippen molar-refractivity contribution in [3.63, 3.8) is 0 Å². The van der Waals surface area contributed by atoms with E-state index in [1.807, 2.05) is 0 Å². The van der Waals surface area contributed by atoms with E-state index >= 15 is 0 Å². The monoisotopic (exact) mass is 256 g/mol. The summed E-state index contributed by atoms with van der Waals surface area (Å²) >= 11 is 1.35. The summed E-state index contributed by atoms with van der Waals surface area (Å²) in [5, 5.41) is 4.27. The van der Waals surface area contributed by atoms with Crippen LogP contribution < -0.4 is 15.8 Å². The summed E-state index contributed by atoms with van der Waals surface area (Å²) in [7, 11) is 1.62. The summed E-state index contributed by atoms with van der Waals surface area (Å²) in [5.41, 5.74) is 5.69. The molecule has 1 aliphatic rings. The van der Waals surface area contributed by atoms with Gasteiger partial charge in [-0.15, -0.1) is 0 Å². The fourth-order valence-corrected chi connectivity index (χ4v) is 2.67. The van der Waals surface area contributed by atoms with Crippen LogP contribution in [-0.4, -0.2) is 42.1 Å².